The summed E-state index contributed by atoms with van der Waals surface area (Å²) in [7, 11) is 0. The lowest BCUT2D eigenvalue weighted by atomic mass is 10.0. The van der Waals surface area contributed by atoms with Crippen molar-refractivity contribution in [2.75, 3.05) is 26.3 Å². The molecule has 1 unspecified atom stereocenters. The summed E-state index contributed by atoms with van der Waals surface area (Å²) in [6.45, 7) is 3.12. The lowest BCUT2D eigenvalue weighted by molar-refractivity contribution is -0.0552. The van der Waals surface area contributed by atoms with E-state index in [0.29, 0.717) is 31.8 Å². The van der Waals surface area contributed by atoms with E-state index in [2.05, 4.69) is 0 Å². The van der Waals surface area contributed by atoms with Crippen LogP contribution in [-0.4, -0.2) is 53.3 Å². The fourth-order valence-electron chi connectivity index (χ4n) is 2.32. The molecule has 0 aliphatic carbocycles. The second-order valence-corrected chi connectivity index (χ2v) is 4.93. The van der Waals surface area contributed by atoms with Crippen LogP contribution in [0.25, 0.3) is 0 Å². The number of hydrogen-bond donors (Lipinski definition) is 2. The Morgan fingerprint density at radius 3 is 2.95 bits per heavy atom. The van der Waals surface area contributed by atoms with Gasteiger partial charge in [0.05, 0.1) is 24.9 Å². The van der Waals surface area contributed by atoms with E-state index in [-0.39, 0.29) is 29.8 Å². The number of nitrogens with zero attached hydrogens (tertiary/aromatic N) is 1. The first-order valence-electron chi connectivity index (χ1n) is 6.48. The van der Waals surface area contributed by atoms with Crippen LogP contribution in [0, 0.1) is 5.82 Å². The highest BCUT2D eigenvalue weighted by Gasteiger charge is 2.22. The molecule has 20 heavy (non-hydrogen) atoms. The zero-order valence-corrected chi connectivity index (χ0v) is 11.3. The maximum absolute atomic E-state index is 13.5. The van der Waals surface area contributed by atoms with Gasteiger partial charge in [-0.1, -0.05) is 0 Å². The molecule has 1 aromatic rings. The van der Waals surface area contributed by atoms with Gasteiger partial charge < -0.3 is 14.9 Å². The largest absolute Gasteiger partial charge is 0.507 e. The van der Waals surface area contributed by atoms with Gasteiger partial charge in [-0.3, -0.25) is 9.69 Å². The highest BCUT2D eigenvalue weighted by molar-refractivity contribution is 5.97. The number of halogens is 1. The third-order valence-electron chi connectivity index (χ3n) is 3.35. The van der Waals surface area contributed by atoms with Crippen LogP contribution in [0.5, 0.6) is 5.75 Å². The summed E-state index contributed by atoms with van der Waals surface area (Å²) in [5.41, 5.74) is 0.362. The van der Waals surface area contributed by atoms with Gasteiger partial charge in [-0.2, -0.15) is 0 Å². The number of benzene rings is 1. The van der Waals surface area contributed by atoms with Gasteiger partial charge in [0.2, 0.25) is 0 Å². The third kappa shape index (κ3) is 3.33. The van der Waals surface area contributed by atoms with E-state index < -0.39 is 5.82 Å². The van der Waals surface area contributed by atoms with E-state index in [4.69, 9.17) is 9.84 Å². The molecule has 0 aromatic heterocycles. The summed E-state index contributed by atoms with van der Waals surface area (Å²) in [6.07, 6.45) is -0.272. The quantitative estimate of drug-likeness (QED) is 0.804. The fourth-order valence-corrected chi connectivity index (χ4v) is 2.32. The van der Waals surface area contributed by atoms with E-state index in [9.17, 15) is 14.3 Å². The van der Waals surface area contributed by atoms with Crippen LogP contribution >= 0.6 is 0 Å². The molecule has 110 valence electrons. The number of carbonyl (C=O) groups excluding carboxylic acids is 1. The normalized spacial score (nSPS) is 20.1. The van der Waals surface area contributed by atoms with Gasteiger partial charge in [0.25, 0.3) is 0 Å². The first-order chi connectivity index (χ1) is 9.51. The van der Waals surface area contributed by atoms with Crippen molar-refractivity contribution in [3.63, 3.8) is 0 Å². The number of ether oxygens (including phenoxy) is 1. The molecule has 2 N–H and O–H groups in total. The Bertz CT molecular complexity index is 506. The Kier molecular flexibility index (Phi) is 4.69. The Hall–Kier alpha value is -1.50. The molecule has 6 heteroatoms. The standard InChI is InChI=1S/C14H18FNO4/c1-9(18)13-5-11(15)4-10(14(13)19)6-16-2-3-20-12(7-16)8-17/h4-5,12,17,19H,2-3,6-8H2,1H3. The summed E-state index contributed by atoms with van der Waals surface area (Å²) in [5, 5.41) is 19.1. The van der Waals surface area contributed by atoms with Crippen LogP contribution in [0.1, 0.15) is 22.8 Å². The summed E-state index contributed by atoms with van der Waals surface area (Å²) in [6, 6.07) is 2.27. The summed E-state index contributed by atoms with van der Waals surface area (Å²) in [4.78, 5) is 13.3. The molecule has 0 bridgehead atoms. The lowest BCUT2D eigenvalue weighted by Gasteiger charge is -2.32. The number of phenols is 1. The summed E-state index contributed by atoms with van der Waals surface area (Å²) in [5.74, 6) is -1.10. The Balaban J connectivity index is 2.18. The molecule has 5 nitrogen and oxygen atoms in total. The average molecular weight is 283 g/mol. The maximum Gasteiger partial charge on any atom is 0.163 e. The molecule has 0 radical (unpaired) electrons. The minimum absolute atomic E-state index is 0.00744. The smallest absolute Gasteiger partial charge is 0.163 e. The second kappa shape index (κ2) is 6.30. The van der Waals surface area contributed by atoms with Crippen LogP contribution in [0.2, 0.25) is 0 Å². The first-order valence-corrected chi connectivity index (χ1v) is 6.48. The van der Waals surface area contributed by atoms with E-state index in [0.717, 1.165) is 6.07 Å². The minimum atomic E-state index is -0.546. The van der Waals surface area contributed by atoms with Gasteiger partial charge in [0.1, 0.15) is 11.6 Å². The van der Waals surface area contributed by atoms with Gasteiger partial charge in [0, 0.05) is 25.2 Å². The van der Waals surface area contributed by atoms with Gasteiger partial charge in [0.15, 0.2) is 5.78 Å². The number of Topliss-reactive ketones (excluding diaryl/α,β-unsaturated/α-hetero) is 1. The van der Waals surface area contributed by atoms with Crippen LogP contribution in [0.4, 0.5) is 4.39 Å². The summed E-state index contributed by atoms with van der Waals surface area (Å²) < 4.78 is 18.8. The number of aliphatic hydroxyl groups excluding tert-OH is 1. The lowest BCUT2D eigenvalue weighted by Crippen LogP contribution is -2.43. The van der Waals surface area contributed by atoms with Gasteiger partial charge >= 0.3 is 0 Å². The van der Waals surface area contributed by atoms with E-state index in [1.807, 2.05) is 4.90 Å². The van der Waals surface area contributed by atoms with Crippen LogP contribution < -0.4 is 0 Å². The van der Waals surface area contributed by atoms with Crippen LogP contribution in [0.3, 0.4) is 0 Å². The molecule has 1 atom stereocenters. The highest BCUT2D eigenvalue weighted by atomic mass is 19.1. The number of rotatable bonds is 4. The van der Waals surface area contributed by atoms with Crippen molar-refractivity contribution in [3.05, 3.63) is 29.1 Å². The average Bonchev–Trinajstić information content (AvgIpc) is 2.42. The zero-order valence-electron chi connectivity index (χ0n) is 11.3. The number of aromatic hydroxyl groups is 1. The molecular weight excluding hydrogens is 265 g/mol. The predicted molar refractivity (Wildman–Crippen MR) is 70.2 cm³/mol. The number of carbonyl (C=O) groups is 1. The number of aliphatic hydroxyl groups is 1. The van der Waals surface area contributed by atoms with Crippen molar-refractivity contribution in [1.82, 2.24) is 4.90 Å². The monoisotopic (exact) mass is 283 g/mol. The van der Waals surface area contributed by atoms with E-state index in [1.165, 1.54) is 13.0 Å². The van der Waals surface area contributed by atoms with Gasteiger partial charge in [-0.15, -0.1) is 0 Å². The minimum Gasteiger partial charge on any atom is -0.507 e. The van der Waals surface area contributed by atoms with Crippen LogP contribution in [0.15, 0.2) is 12.1 Å². The van der Waals surface area contributed by atoms with Gasteiger partial charge in [-0.25, -0.2) is 4.39 Å². The maximum atomic E-state index is 13.5. The van der Waals surface area contributed by atoms with Crippen molar-refractivity contribution < 1.29 is 24.1 Å². The molecule has 1 aromatic carbocycles. The van der Waals surface area contributed by atoms with Gasteiger partial charge in [-0.05, 0) is 19.1 Å². The predicted octanol–water partition coefficient (Wildman–Crippen LogP) is 0.927. The Morgan fingerprint density at radius 2 is 2.30 bits per heavy atom. The fraction of sp³-hybridized carbons (Fsp3) is 0.500. The third-order valence-corrected chi connectivity index (χ3v) is 3.35. The number of phenolic OH excluding ortho intramolecular Hbond substituents is 1. The van der Waals surface area contributed by atoms with Crippen molar-refractivity contribution >= 4 is 5.78 Å². The molecule has 1 aliphatic heterocycles. The molecule has 2 rings (SSSR count). The van der Waals surface area contributed by atoms with Crippen molar-refractivity contribution in [2.45, 2.75) is 19.6 Å². The second-order valence-electron chi connectivity index (χ2n) is 4.93. The Labute approximate surface area is 116 Å². The van der Waals surface area contributed by atoms with Crippen molar-refractivity contribution in [1.29, 1.82) is 0 Å². The first kappa shape index (κ1) is 14.9. The Morgan fingerprint density at radius 1 is 1.55 bits per heavy atom. The SMILES string of the molecule is CC(=O)c1cc(F)cc(CN2CCOC(CO)C2)c1O. The molecule has 1 saturated heterocycles. The zero-order chi connectivity index (χ0) is 14.7. The molecule has 0 amide bonds. The van der Waals surface area contributed by atoms with E-state index in [1.54, 1.807) is 0 Å². The molecule has 1 aliphatic rings. The molecular formula is C14H18FNO4. The molecule has 1 heterocycles. The van der Waals surface area contributed by atoms with E-state index >= 15 is 0 Å². The highest BCUT2D eigenvalue weighted by Crippen LogP contribution is 2.26. The number of morpholine rings is 1. The number of hydrogen-bond acceptors (Lipinski definition) is 5. The summed E-state index contributed by atoms with van der Waals surface area (Å²) >= 11 is 0. The van der Waals surface area contributed by atoms with Crippen molar-refractivity contribution in [2.24, 2.45) is 0 Å². The topological polar surface area (TPSA) is 70.0 Å². The van der Waals surface area contributed by atoms with Crippen molar-refractivity contribution in [3.8, 4) is 5.75 Å². The van der Waals surface area contributed by atoms with Crippen LogP contribution in [-0.2, 0) is 11.3 Å². The molecule has 0 spiro atoms. The number of ketones is 1. The molecule has 1 fully saturated rings. The molecule has 0 saturated carbocycles.